The second-order valence-electron chi connectivity index (χ2n) is 6.69. The normalized spacial score (nSPS) is 14.1. The summed E-state index contributed by atoms with van der Waals surface area (Å²) in [6, 6.07) is 8.39. The zero-order chi connectivity index (χ0) is 20.3. The maximum absolute atomic E-state index is 12.5. The van der Waals surface area contributed by atoms with E-state index in [1.54, 1.807) is 54.0 Å². The van der Waals surface area contributed by atoms with Gasteiger partial charge in [-0.05, 0) is 44.2 Å². The second kappa shape index (κ2) is 8.48. The Morgan fingerprint density at radius 2 is 1.64 bits per heavy atom. The summed E-state index contributed by atoms with van der Waals surface area (Å²) in [7, 11) is 0. The van der Waals surface area contributed by atoms with Gasteiger partial charge in [0.15, 0.2) is 0 Å². The molecule has 28 heavy (non-hydrogen) atoms. The molecule has 1 aromatic carbocycles. The van der Waals surface area contributed by atoms with Crippen molar-refractivity contribution >= 4 is 29.3 Å². The molecule has 0 bridgehead atoms. The topological polar surface area (TPSA) is 82.9 Å². The van der Waals surface area contributed by atoms with Crippen LogP contribution < -0.4 is 5.32 Å². The third kappa shape index (κ3) is 4.54. The Bertz CT molecular complexity index is 883. The first-order valence-electron chi connectivity index (χ1n) is 9.03. The van der Waals surface area contributed by atoms with Crippen LogP contribution in [-0.2, 0) is 4.79 Å². The van der Waals surface area contributed by atoms with E-state index in [0.29, 0.717) is 53.8 Å². The minimum atomic E-state index is -0.334. The van der Waals surface area contributed by atoms with Crippen molar-refractivity contribution in [2.45, 2.75) is 13.8 Å². The summed E-state index contributed by atoms with van der Waals surface area (Å²) in [6.07, 6.45) is 0. The summed E-state index contributed by atoms with van der Waals surface area (Å²) >= 11 is 5.85. The second-order valence-corrected chi connectivity index (χ2v) is 7.13. The molecular formula is C20H22ClN3O4. The molecule has 0 aliphatic carbocycles. The molecule has 7 nitrogen and oxygen atoms in total. The molecule has 1 aliphatic heterocycles. The van der Waals surface area contributed by atoms with Gasteiger partial charge >= 0.3 is 0 Å². The fourth-order valence-electron chi connectivity index (χ4n) is 3.15. The molecule has 0 unspecified atom stereocenters. The molecule has 1 saturated heterocycles. The minimum Gasteiger partial charge on any atom is -0.466 e. The number of aryl methyl sites for hydroxylation is 2. The molecule has 0 atom stereocenters. The van der Waals surface area contributed by atoms with Gasteiger partial charge in [-0.1, -0.05) is 11.6 Å². The van der Waals surface area contributed by atoms with Gasteiger partial charge in [0.05, 0.1) is 12.1 Å². The Kier molecular flexibility index (Phi) is 6.04. The van der Waals surface area contributed by atoms with Crippen molar-refractivity contribution in [3.63, 3.8) is 0 Å². The number of halogens is 1. The molecule has 0 radical (unpaired) electrons. The van der Waals surface area contributed by atoms with Crippen LogP contribution in [0.4, 0.5) is 0 Å². The first-order chi connectivity index (χ1) is 13.3. The quantitative estimate of drug-likeness (QED) is 0.848. The molecule has 3 amide bonds. The Morgan fingerprint density at radius 3 is 2.21 bits per heavy atom. The molecule has 2 heterocycles. The van der Waals surface area contributed by atoms with E-state index in [1.807, 2.05) is 0 Å². The van der Waals surface area contributed by atoms with Crippen molar-refractivity contribution < 1.29 is 18.8 Å². The first kappa shape index (κ1) is 19.9. The fraction of sp³-hybridized carbons (Fsp3) is 0.350. The van der Waals surface area contributed by atoms with E-state index in [1.165, 1.54) is 0 Å². The Morgan fingerprint density at radius 1 is 1.04 bits per heavy atom. The maximum Gasteiger partial charge on any atom is 0.255 e. The zero-order valence-corrected chi connectivity index (χ0v) is 16.6. The van der Waals surface area contributed by atoms with Crippen molar-refractivity contribution in [1.29, 1.82) is 0 Å². The molecule has 1 aromatic heterocycles. The van der Waals surface area contributed by atoms with E-state index >= 15 is 0 Å². The van der Waals surface area contributed by atoms with Gasteiger partial charge in [0, 0.05) is 36.8 Å². The van der Waals surface area contributed by atoms with Crippen LogP contribution in [0, 0.1) is 13.8 Å². The molecule has 1 N–H and O–H groups in total. The summed E-state index contributed by atoms with van der Waals surface area (Å²) in [5.74, 6) is 0.583. The molecular weight excluding hydrogens is 382 g/mol. The molecule has 8 heteroatoms. The average molecular weight is 404 g/mol. The number of piperazine rings is 1. The fourth-order valence-corrected chi connectivity index (χ4v) is 3.28. The van der Waals surface area contributed by atoms with Gasteiger partial charge in [0.1, 0.15) is 11.5 Å². The van der Waals surface area contributed by atoms with Crippen LogP contribution in [0.15, 0.2) is 34.7 Å². The van der Waals surface area contributed by atoms with Crippen LogP contribution in [-0.4, -0.2) is 60.2 Å². The van der Waals surface area contributed by atoms with Crippen LogP contribution in [0.3, 0.4) is 0 Å². The molecule has 0 spiro atoms. The van der Waals surface area contributed by atoms with Crippen LogP contribution in [0.5, 0.6) is 0 Å². The highest BCUT2D eigenvalue weighted by atomic mass is 35.5. The molecule has 3 rings (SSSR count). The largest absolute Gasteiger partial charge is 0.466 e. The number of hydrogen-bond acceptors (Lipinski definition) is 4. The van der Waals surface area contributed by atoms with Crippen molar-refractivity contribution in [1.82, 2.24) is 15.1 Å². The number of benzene rings is 1. The SMILES string of the molecule is Cc1cc(C(=O)NCC(=O)N2CCN(C(=O)c3ccc(Cl)cc3)CC2)c(C)o1. The van der Waals surface area contributed by atoms with E-state index < -0.39 is 0 Å². The monoisotopic (exact) mass is 403 g/mol. The lowest BCUT2D eigenvalue weighted by molar-refractivity contribution is -0.131. The highest BCUT2D eigenvalue weighted by Crippen LogP contribution is 2.14. The van der Waals surface area contributed by atoms with E-state index in [4.69, 9.17) is 16.0 Å². The Hall–Kier alpha value is -2.80. The van der Waals surface area contributed by atoms with E-state index in [0.717, 1.165) is 0 Å². The van der Waals surface area contributed by atoms with Gasteiger partial charge in [-0.15, -0.1) is 0 Å². The Balaban J connectivity index is 1.48. The minimum absolute atomic E-state index is 0.0807. The zero-order valence-electron chi connectivity index (χ0n) is 15.8. The van der Waals surface area contributed by atoms with Gasteiger partial charge < -0.3 is 19.5 Å². The number of carbonyl (C=O) groups excluding carboxylic acids is 3. The van der Waals surface area contributed by atoms with Crippen molar-refractivity contribution in [2.75, 3.05) is 32.7 Å². The predicted octanol–water partition coefficient (Wildman–Crippen LogP) is 2.26. The number of nitrogens with one attached hydrogen (secondary N) is 1. The Labute approximate surface area is 168 Å². The highest BCUT2D eigenvalue weighted by Gasteiger charge is 2.25. The lowest BCUT2D eigenvalue weighted by Crippen LogP contribution is -2.52. The van der Waals surface area contributed by atoms with Crippen molar-refractivity contribution in [3.05, 3.63) is 58.0 Å². The average Bonchev–Trinajstić information content (AvgIpc) is 3.04. The predicted molar refractivity (Wildman–Crippen MR) is 104 cm³/mol. The molecule has 1 aliphatic rings. The first-order valence-corrected chi connectivity index (χ1v) is 9.41. The summed E-state index contributed by atoms with van der Waals surface area (Å²) < 4.78 is 5.34. The number of nitrogens with zero attached hydrogens (tertiary/aromatic N) is 2. The summed E-state index contributed by atoms with van der Waals surface area (Å²) in [5, 5.41) is 3.21. The van der Waals surface area contributed by atoms with Crippen molar-refractivity contribution in [2.24, 2.45) is 0 Å². The van der Waals surface area contributed by atoms with Gasteiger partial charge in [0.25, 0.3) is 11.8 Å². The van der Waals surface area contributed by atoms with E-state index in [-0.39, 0.29) is 24.3 Å². The number of hydrogen-bond donors (Lipinski definition) is 1. The third-order valence-electron chi connectivity index (χ3n) is 4.70. The van der Waals surface area contributed by atoms with Gasteiger partial charge in [-0.2, -0.15) is 0 Å². The number of furan rings is 1. The lowest BCUT2D eigenvalue weighted by Gasteiger charge is -2.34. The number of carbonyl (C=O) groups is 3. The number of rotatable bonds is 4. The molecule has 1 fully saturated rings. The standard InChI is InChI=1S/C20H22ClN3O4/c1-13-11-17(14(2)28-13)19(26)22-12-18(25)23-7-9-24(10-8-23)20(27)15-3-5-16(21)6-4-15/h3-6,11H,7-10,12H2,1-2H3,(H,22,26). The van der Waals surface area contributed by atoms with Gasteiger partial charge in [-0.3, -0.25) is 14.4 Å². The van der Waals surface area contributed by atoms with Crippen LogP contribution in [0.1, 0.15) is 32.2 Å². The number of amides is 3. The van der Waals surface area contributed by atoms with Crippen LogP contribution in [0.25, 0.3) is 0 Å². The van der Waals surface area contributed by atoms with E-state index in [9.17, 15) is 14.4 Å². The van der Waals surface area contributed by atoms with Crippen molar-refractivity contribution in [3.8, 4) is 0 Å². The summed E-state index contributed by atoms with van der Waals surface area (Å²) in [5.41, 5.74) is 1.01. The summed E-state index contributed by atoms with van der Waals surface area (Å²) in [6.45, 7) is 5.13. The molecule has 148 valence electrons. The van der Waals surface area contributed by atoms with Gasteiger partial charge in [0.2, 0.25) is 5.91 Å². The van der Waals surface area contributed by atoms with Gasteiger partial charge in [-0.25, -0.2) is 0 Å². The maximum atomic E-state index is 12.5. The smallest absolute Gasteiger partial charge is 0.255 e. The van der Waals surface area contributed by atoms with Crippen LogP contribution >= 0.6 is 11.6 Å². The molecule has 2 aromatic rings. The highest BCUT2D eigenvalue weighted by molar-refractivity contribution is 6.30. The summed E-state index contributed by atoms with van der Waals surface area (Å²) in [4.78, 5) is 40.4. The van der Waals surface area contributed by atoms with Crippen LogP contribution in [0.2, 0.25) is 5.02 Å². The molecule has 0 saturated carbocycles. The third-order valence-corrected chi connectivity index (χ3v) is 4.95. The van der Waals surface area contributed by atoms with E-state index in [2.05, 4.69) is 5.32 Å². The lowest BCUT2D eigenvalue weighted by atomic mass is 10.2.